The Balaban J connectivity index is 1.55. The Kier molecular flexibility index (Phi) is 4.21. The molecule has 0 spiro atoms. The third-order valence-electron chi connectivity index (χ3n) is 5.76. The van der Waals surface area contributed by atoms with E-state index in [0.29, 0.717) is 0 Å². The molecule has 0 aliphatic carbocycles. The van der Waals surface area contributed by atoms with E-state index in [0.717, 1.165) is 24.3 Å². The van der Waals surface area contributed by atoms with Crippen molar-refractivity contribution in [3.63, 3.8) is 0 Å². The lowest BCUT2D eigenvalue weighted by Gasteiger charge is -2.15. The van der Waals surface area contributed by atoms with Gasteiger partial charge in [0.15, 0.2) is 0 Å². The van der Waals surface area contributed by atoms with E-state index in [1.807, 2.05) is 0 Å². The first kappa shape index (κ1) is 16.6. The highest BCUT2D eigenvalue weighted by atomic mass is 15.2. The van der Waals surface area contributed by atoms with E-state index >= 15 is 0 Å². The second-order valence-electron chi connectivity index (χ2n) is 7.70. The fraction of sp³-hybridized carbons (Fsp3) is 0.348. The maximum Gasteiger partial charge on any atom is 0.215 e. The summed E-state index contributed by atoms with van der Waals surface area (Å²) in [5.74, 6) is 1.05. The minimum Gasteiger partial charge on any atom is -0.310 e. The number of imidazole rings is 2. The van der Waals surface area contributed by atoms with E-state index in [-0.39, 0.29) is 0 Å². The summed E-state index contributed by atoms with van der Waals surface area (Å²) >= 11 is 0. The van der Waals surface area contributed by atoms with E-state index in [1.54, 1.807) is 0 Å². The molecule has 1 aliphatic heterocycles. The maximum absolute atomic E-state index is 4.94. The van der Waals surface area contributed by atoms with Gasteiger partial charge in [-0.3, -0.25) is 4.40 Å². The van der Waals surface area contributed by atoms with Gasteiger partial charge in [-0.1, -0.05) is 42.0 Å². The molecule has 4 heteroatoms. The van der Waals surface area contributed by atoms with Crippen molar-refractivity contribution in [2.24, 2.45) is 0 Å². The summed E-state index contributed by atoms with van der Waals surface area (Å²) < 4.78 is 4.65. The molecule has 0 unspecified atom stereocenters. The lowest BCUT2D eigenvalue weighted by atomic mass is 10.1. The average Bonchev–Trinajstić information content (AvgIpc) is 3.39. The molecule has 0 saturated carbocycles. The van der Waals surface area contributed by atoms with Crippen LogP contribution in [0.1, 0.15) is 24.8 Å². The van der Waals surface area contributed by atoms with Crippen LogP contribution in [-0.4, -0.2) is 38.5 Å². The van der Waals surface area contributed by atoms with Crippen LogP contribution in [0.25, 0.3) is 28.1 Å². The van der Waals surface area contributed by atoms with Crippen molar-refractivity contribution in [3.05, 3.63) is 60.3 Å². The molecule has 0 N–H and O–H groups in total. The summed E-state index contributed by atoms with van der Waals surface area (Å²) in [4.78, 5) is 7.53. The zero-order valence-electron chi connectivity index (χ0n) is 15.9. The van der Waals surface area contributed by atoms with Crippen LogP contribution >= 0.6 is 0 Å². The summed E-state index contributed by atoms with van der Waals surface area (Å²) in [6.07, 6.45) is 6.12. The number of aryl methyl sites for hydroxylation is 2. The highest BCUT2D eigenvalue weighted by Gasteiger charge is 2.16. The SMILES string of the molecule is Cc1ccc(-c2cn3c4ccccc4nc3n2CCCN2CCCC2)cc1. The molecule has 138 valence electrons. The Labute approximate surface area is 160 Å². The van der Waals surface area contributed by atoms with Gasteiger partial charge in [0.25, 0.3) is 0 Å². The lowest BCUT2D eigenvalue weighted by Crippen LogP contribution is -2.21. The maximum atomic E-state index is 4.94. The smallest absolute Gasteiger partial charge is 0.215 e. The third-order valence-corrected chi connectivity index (χ3v) is 5.76. The number of hydrogen-bond donors (Lipinski definition) is 0. The second kappa shape index (κ2) is 6.86. The van der Waals surface area contributed by atoms with E-state index < -0.39 is 0 Å². The summed E-state index contributed by atoms with van der Waals surface area (Å²) in [5.41, 5.74) is 6.05. The number of fused-ring (bicyclic) bond motifs is 3. The first-order chi connectivity index (χ1) is 13.3. The van der Waals surface area contributed by atoms with Crippen LogP contribution in [0.15, 0.2) is 54.7 Å². The highest BCUT2D eigenvalue weighted by molar-refractivity contribution is 5.81. The van der Waals surface area contributed by atoms with Crippen molar-refractivity contribution in [2.75, 3.05) is 19.6 Å². The van der Waals surface area contributed by atoms with Gasteiger partial charge in [0.05, 0.1) is 16.7 Å². The summed E-state index contributed by atoms with van der Waals surface area (Å²) in [6, 6.07) is 17.2. The molecule has 5 rings (SSSR count). The van der Waals surface area contributed by atoms with Crippen LogP contribution < -0.4 is 0 Å². The van der Waals surface area contributed by atoms with Crippen molar-refractivity contribution in [1.82, 2.24) is 18.9 Å². The van der Waals surface area contributed by atoms with E-state index in [9.17, 15) is 0 Å². The van der Waals surface area contributed by atoms with Crippen molar-refractivity contribution < 1.29 is 0 Å². The molecule has 2 aromatic heterocycles. The van der Waals surface area contributed by atoms with Crippen molar-refractivity contribution >= 4 is 16.8 Å². The minimum absolute atomic E-state index is 1.000. The largest absolute Gasteiger partial charge is 0.310 e. The minimum atomic E-state index is 1.000. The molecule has 4 aromatic rings. The average molecular weight is 358 g/mol. The number of rotatable bonds is 5. The standard InChI is InChI=1S/C23H26N4/c1-18-9-11-19(12-10-18)22-17-27-21-8-3-2-7-20(21)24-23(27)26(22)16-6-15-25-13-4-5-14-25/h2-3,7-12,17H,4-6,13-16H2,1H3. The molecule has 0 atom stereocenters. The van der Waals surface area contributed by atoms with Crippen LogP contribution in [-0.2, 0) is 6.54 Å². The molecule has 1 saturated heterocycles. The molecule has 0 bridgehead atoms. The van der Waals surface area contributed by atoms with Gasteiger partial charge in [0.2, 0.25) is 5.78 Å². The quantitative estimate of drug-likeness (QED) is 0.514. The van der Waals surface area contributed by atoms with Crippen LogP contribution in [0.4, 0.5) is 0 Å². The van der Waals surface area contributed by atoms with E-state index in [4.69, 9.17) is 4.98 Å². The van der Waals surface area contributed by atoms with Gasteiger partial charge in [-0.05, 0) is 63.5 Å². The van der Waals surface area contributed by atoms with Gasteiger partial charge >= 0.3 is 0 Å². The van der Waals surface area contributed by atoms with Crippen LogP contribution in [0.3, 0.4) is 0 Å². The number of likely N-dealkylation sites (tertiary alicyclic amines) is 1. The molecule has 2 aromatic carbocycles. The van der Waals surface area contributed by atoms with Crippen molar-refractivity contribution in [2.45, 2.75) is 32.7 Å². The first-order valence-electron chi connectivity index (χ1n) is 10.1. The molecule has 1 fully saturated rings. The van der Waals surface area contributed by atoms with Gasteiger partial charge in [0, 0.05) is 12.7 Å². The summed E-state index contributed by atoms with van der Waals surface area (Å²) in [5, 5.41) is 0. The fourth-order valence-corrected chi connectivity index (χ4v) is 4.28. The zero-order valence-corrected chi connectivity index (χ0v) is 15.9. The van der Waals surface area contributed by atoms with Crippen molar-refractivity contribution in [1.29, 1.82) is 0 Å². The Morgan fingerprint density at radius 3 is 2.52 bits per heavy atom. The van der Waals surface area contributed by atoms with Gasteiger partial charge in [-0.15, -0.1) is 0 Å². The van der Waals surface area contributed by atoms with Gasteiger partial charge in [0.1, 0.15) is 0 Å². The van der Waals surface area contributed by atoms with Crippen molar-refractivity contribution in [3.8, 4) is 11.3 Å². The summed E-state index contributed by atoms with van der Waals surface area (Å²) in [7, 11) is 0. The summed E-state index contributed by atoms with van der Waals surface area (Å²) in [6.45, 7) is 6.84. The normalized spacial score (nSPS) is 15.3. The molecule has 3 heterocycles. The van der Waals surface area contributed by atoms with Gasteiger partial charge < -0.3 is 9.47 Å². The molecule has 0 radical (unpaired) electrons. The molecule has 4 nitrogen and oxygen atoms in total. The number of aromatic nitrogens is 3. The first-order valence-corrected chi connectivity index (χ1v) is 10.1. The molecule has 1 aliphatic rings. The second-order valence-corrected chi connectivity index (χ2v) is 7.70. The number of hydrogen-bond acceptors (Lipinski definition) is 2. The van der Waals surface area contributed by atoms with Gasteiger partial charge in [-0.25, -0.2) is 4.98 Å². The predicted octanol–water partition coefficient (Wildman–Crippen LogP) is 4.75. The van der Waals surface area contributed by atoms with E-state index in [2.05, 4.69) is 75.5 Å². The van der Waals surface area contributed by atoms with Crippen LogP contribution in [0, 0.1) is 6.92 Å². The molecular formula is C23H26N4. The lowest BCUT2D eigenvalue weighted by molar-refractivity contribution is 0.326. The topological polar surface area (TPSA) is 25.5 Å². The Bertz CT molecular complexity index is 1070. The Morgan fingerprint density at radius 1 is 0.926 bits per heavy atom. The molecular weight excluding hydrogens is 332 g/mol. The number of benzene rings is 2. The highest BCUT2D eigenvalue weighted by Crippen LogP contribution is 2.27. The Hall–Kier alpha value is -2.59. The predicted molar refractivity (Wildman–Crippen MR) is 111 cm³/mol. The molecule has 0 amide bonds. The van der Waals surface area contributed by atoms with Gasteiger partial charge in [-0.2, -0.15) is 0 Å². The third kappa shape index (κ3) is 3.04. The molecule has 27 heavy (non-hydrogen) atoms. The fourth-order valence-electron chi connectivity index (χ4n) is 4.28. The Morgan fingerprint density at radius 2 is 1.70 bits per heavy atom. The number of nitrogens with zero attached hydrogens (tertiary/aromatic N) is 4. The monoisotopic (exact) mass is 358 g/mol. The zero-order chi connectivity index (χ0) is 18.2. The van der Waals surface area contributed by atoms with E-state index in [1.165, 1.54) is 54.8 Å². The van der Waals surface area contributed by atoms with Crippen LogP contribution in [0.2, 0.25) is 0 Å². The number of para-hydroxylation sites is 2. The van der Waals surface area contributed by atoms with Crippen LogP contribution in [0.5, 0.6) is 0 Å².